The molecule has 0 saturated carbocycles. The molecular formula is C25H26F5N5O4S. The number of carbonyl (C=O) groups excluding carboxylic acids is 2. The number of ether oxygens (including phenoxy) is 2. The Morgan fingerprint density at radius 2 is 1.77 bits per heavy atom. The number of carbonyl (C=O) groups is 2. The van der Waals surface area contributed by atoms with E-state index in [-0.39, 0.29) is 47.5 Å². The lowest BCUT2D eigenvalue weighted by molar-refractivity contribution is -0.125. The number of pyridine rings is 2. The Balaban J connectivity index is 1.80. The van der Waals surface area contributed by atoms with Crippen LogP contribution in [-0.4, -0.2) is 54.7 Å². The highest BCUT2D eigenvalue weighted by atomic mass is 32.5. The summed E-state index contributed by atoms with van der Waals surface area (Å²) in [5.41, 5.74) is 0.241. The maximum atomic E-state index is 13.9. The van der Waals surface area contributed by atoms with Crippen molar-refractivity contribution in [1.82, 2.24) is 15.3 Å². The van der Waals surface area contributed by atoms with Crippen molar-refractivity contribution < 1.29 is 38.5 Å². The second-order valence-electron chi connectivity index (χ2n) is 8.99. The average molecular weight is 588 g/mol. The molecule has 3 atom stereocenters. The molecule has 2 N–H and O–H groups in total. The smallest absolute Gasteiger partial charge is 0.310 e. The van der Waals surface area contributed by atoms with Gasteiger partial charge in [-0.05, 0) is 42.8 Å². The minimum absolute atomic E-state index is 0.197. The van der Waals surface area contributed by atoms with E-state index in [1.807, 2.05) is 0 Å². The van der Waals surface area contributed by atoms with Gasteiger partial charge in [0.2, 0.25) is 11.8 Å². The molecule has 2 aromatic heterocycles. The topological polar surface area (TPSA) is 106 Å². The van der Waals surface area contributed by atoms with Gasteiger partial charge in [0.05, 0.1) is 31.1 Å². The second kappa shape index (κ2) is 10.3. The fraction of sp³-hybridized carbons (Fsp3) is 0.280. The largest absolute Gasteiger partial charge is 0.481 e. The lowest BCUT2D eigenvalue weighted by Gasteiger charge is -2.41. The van der Waals surface area contributed by atoms with E-state index in [1.165, 1.54) is 57.1 Å². The Hall–Kier alpha value is -3.82. The van der Waals surface area contributed by atoms with E-state index in [2.05, 4.69) is 20.6 Å². The molecule has 3 heterocycles. The number of aromatic nitrogens is 2. The molecular weight excluding hydrogens is 561 g/mol. The molecule has 216 valence electrons. The number of hydrogen-bond donors (Lipinski definition) is 2. The number of amides is 2. The van der Waals surface area contributed by atoms with Gasteiger partial charge in [-0.3, -0.25) is 19.5 Å². The zero-order valence-electron chi connectivity index (χ0n) is 21.3. The zero-order valence-corrected chi connectivity index (χ0v) is 22.1. The summed E-state index contributed by atoms with van der Waals surface area (Å²) >= 11 is 0. The quantitative estimate of drug-likeness (QED) is 0.330. The van der Waals surface area contributed by atoms with Crippen LogP contribution in [-0.2, 0) is 14.3 Å². The van der Waals surface area contributed by atoms with Crippen molar-refractivity contribution in [3.05, 3.63) is 72.7 Å². The number of halogens is 5. The van der Waals surface area contributed by atoms with Gasteiger partial charge >= 0.3 is 10.2 Å². The Kier molecular flexibility index (Phi) is 7.51. The third-order valence-electron chi connectivity index (χ3n) is 6.24. The zero-order chi connectivity index (χ0) is 29.2. The number of nitrogens with one attached hydrogen (secondary N) is 2. The van der Waals surface area contributed by atoms with E-state index in [0.29, 0.717) is 6.54 Å². The van der Waals surface area contributed by atoms with Crippen LogP contribution in [0.5, 0.6) is 5.88 Å². The van der Waals surface area contributed by atoms with Crippen LogP contribution in [0.3, 0.4) is 0 Å². The van der Waals surface area contributed by atoms with Crippen molar-refractivity contribution in [1.29, 1.82) is 0 Å². The lowest BCUT2D eigenvalue weighted by Crippen LogP contribution is -2.48. The van der Waals surface area contributed by atoms with Crippen molar-refractivity contribution in [3.63, 3.8) is 0 Å². The average Bonchev–Trinajstić information content (AvgIpc) is 3.40. The van der Waals surface area contributed by atoms with Crippen molar-refractivity contribution in [3.8, 4) is 5.88 Å². The molecule has 40 heavy (non-hydrogen) atoms. The van der Waals surface area contributed by atoms with Gasteiger partial charge in [-0.25, -0.2) is 4.98 Å². The first-order valence-electron chi connectivity index (χ1n) is 11.8. The molecule has 1 aromatic carbocycles. The first kappa shape index (κ1) is 29.2. The fourth-order valence-electron chi connectivity index (χ4n) is 4.25. The number of methoxy groups -OCH3 is 2. The third-order valence-corrected chi connectivity index (χ3v) is 7.40. The van der Waals surface area contributed by atoms with E-state index in [1.54, 1.807) is 0 Å². The van der Waals surface area contributed by atoms with Crippen LogP contribution in [0.4, 0.5) is 30.8 Å². The van der Waals surface area contributed by atoms with Gasteiger partial charge in [-0.2, -0.15) is 0 Å². The van der Waals surface area contributed by atoms with Gasteiger partial charge in [0.25, 0.3) is 5.91 Å². The Morgan fingerprint density at radius 1 is 1.05 bits per heavy atom. The predicted octanol–water partition coefficient (Wildman–Crippen LogP) is 5.23. The predicted molar refractivity (Wildman–Crippen MR) is 139 cm³/mol. The van der Waals surface area contributed by atoms with Crippen molar-refractivity contribution >= 4 is 33.4 Å². The van der Waals surface area contributed by atoms with Crippen LogP contribution in [0.2, 0.25) is 0 Å². The van der Waals surface area contributed by atoms with E-state index < -0.39 is 39.0 Å². The fourth-order valence-corrected chi connectivity index (χ4v) is 4.90. The Bertz CT molecular complexity index is 1360. The van der Waals surface area contributed by atoms with Crippen molar-refractivity contribution in [2.75, 3.05) is 31.0 Å². The molecule has 1 aliphatic rings. The Morgan fingerprint density at radius 3 is 2.30 bits per heavy atom. The summed E-state index contributed by atoms with van der Waals surface area (Å²) in [4.78, 5) is 34.5. The molecule has 1 aliphatic heterocycles. The highest BCUT2D eigenvalue weighted by Crippen LogP contribution is 3.02. The number of hydrogen-bond acceptors (Lipinski definition) is 7. The van der Waals surface area contributed by atoms with Gasteiger partial charge in [0, 0.05) is 43.4 Å². The van der Waals surface area contributed by atoms with Crippen LogP contribution in [0.15, 0.2) is 72.0 Å². The number of rotatable bonds is 9. The van der Waals surface area contributed by atoms with Crippen LogP contribution in [0, 0.1) is 0 Å². The van der Waals surface area contributed by atoms with Gasteiger partial charge in [0.15, 0.2) is 0 Å². The molecule has 0 aliphatic carbocycles. The molecule has 1 saturated heterocycles. The standard InChI is InChI=1S/C25H26F5N5O4S/c1-38-19-12-21(32-15-19)25(37)35(18-6-8-20(9-7-18)40(26,27,28,29)30)23(16-4-3-11-31-13-16)24(36)34-17-5-10-22(39-2)33-14-17/h3-11,13-14,19,21,23,32H,12,15H2,1-2H3,(H,34,36)/t19-,21-,23-/m1/s1. The number of benzene rings is 1. The molecule has 0 radical (unpaired) electrons. The van der Waals surface area contributed by atoms with Gasteiger partial charge in [-0.1, -0.05) is 25.5 Å². The van der Waals surface area contributed by atoms with Crippen LogP contribution in [0.1, 0.15) is 18.0 Å². The maximum absolute atomic E-state index is 13.9. The molecule has 1 fully saturated rings. The maximum Gasteiger partial charge on any atom is 0.310 e. The number of anilines is 2. The minimum atomic E-state index is -9.99. The Labute approximate surface area is 226 Å². The van der Waals surface area contributed by atoms with E-state index in [0.717, 1.165) is 17.0 Å². The van der Waals surface area contributed by atoms with Gasteiger partial charge in [0.1, 0.15) is 10.9 Å². The third kappa shape index (κ3) is 6.66. The van der Waals surface area contributed by atoms with E-state index in [4.69, 9.17) is 9.47 Å². The summed E-state index contributed by atoms with van der Waals surface area (Å²) in [5, 5.41) is 5.62. The number of nitrogens with zero attached hydrogens (tertiary/aromatic N) is 3. The molecule has 3 aromatic rings. The molecule has 0 unspecified atom stereocenters. The van der Waals surface area contributed by atoms with Gasteiger partial charge in [-0.15, -0.1) is 0 Å². The highest BCUT2D eigenvalue weighted by molar-refractivity contribution is 8.45. The van der Waals surface area contributed by atoms with Crippen molar-refractivity contribution in [2.24, 2.45) is 0 Å². The lowest BCUT2D eigenvalue weighted by atomic mass is 10.0. The van der Waals surface area contributed by atoms with E-state index in [9.17, 15) is 29.0 Å². The van der Waals surface area contributed by atoms with Crippen LogP contribution >= 0.6 is 10.2 Å². The van der Waals surface area contributed by atoms with Crippen LogP contribution in [0.25, 0.3) is 0 Å². The SMILES string of the molecule is COc1ccc(NC(=O)[C@@H](c2cccnc2)N(C(=O)[C@H]2C[C@@H](OC)CN2)c2ccc(S(F)(F)(F)(F)F)cc2)cn1. The summed E-state index contributed by atoms with van der Waals surface area (Å²) < 4.78 is 77.4. The molecule has 9 nitrogen and oxygen atoms in total. The molecule has 2 amide bonds. The second-order valence-corrected chi connectivity index (χ2v) is 11.4. The molecule has 15 heteroatoms. The normalized spacial score (nSPS) is 19.7. The molecule has 0 spiro atoms. The first-order valence-corrected chi connectivity index (χ1v) is 13.8. The summed E-state index contributed by atoms with van der Waals surface area (Å²) in [6, 6.07) is 5.54. The van der Waals surface area contributed by atoms with Crippen molar-refractivity contribution in [2.45, 2.75) is 29.5 Å². The molecule has 0 bridgehead atoms. The summed E-state index contributed by atoms with van der Waals surface area (Å²) in [6.07, 6.45) is 3.94. The minimum Gasteiger partial charge on any atom is -0.481 e. The highest BCUT2D eigenvalue weighted by Gasteiger charge is 2.65. The summed E-state index contributed by atoms with van der Waals surface area (Å²) in [7, 11) is -7.11. The summed E-state index contributed by atoms with van der Waals surface area (Å²) in [6.45, 7) is 0.311. The summed E-state index contributed by atoms with van der Waals surface area (Å²) in [5.74, 6) is -1.16. The molecule has 4 rings (SSSR count). The first-order chi connectivity index (χ1) is 18.7. The van der Waals surface area contributed by atoms with E-state index >= 15 is 0 Å². The van der Waals surface area contributed by atoms with Crippen LogP contribution < -0.4 is 20.3 Å². The monoisotopic (exact) mass is 587 g/mol. The van der Waals surface area contributed by atoms with Gasteiger partial charge < -0.3 is 20.1 Å².